The molecule has 0 atom stereocenters. The van der Waals surface area contributed by atoms with Crippen LogP contribution in [0.15, 0.2) is 35.3 Å². The van der Waals surface area contributed by atoms with Crippen molar-refractivity contribution in [3.63, 3.8) is 0 Å². The number of carbonyl (C=O) groups is 2. The normalized spacial score (nSPS) is 19.8. The number of benzene rings is 1. The molecule has 9 heteroatoms. The summed E-state index contributed by atoms with van der Waals surface area (Å²) in [5.41, 5.74) is 3.05. The number of cyclic esters (lactones) is 1. The van der Waals surface area contributed by atoms with Crippen LogP contribution >= 0.6 is 0 Å². The van der Waals surface area contributed by atoms with Gasteiger partial charge in [0.05, 0.1) is 16.7 Å². The molecule has 7 nitrogen and oxygen atoms in total. The predicted octanol–water partition coefficient (Wildman–Crippen LogP) is 3.28. The fourth-order valence-corrected chi connectivity index (χ4v) is 5.49. The average molecular weight is 472 g/mol. The smallest absolute Gasteiger partial charge is 0.338 e. The highest BCUT2D eigenvalue weighted by Crippen LogP contribution is 2.43. The van der Waals surface area contributed by atoms with E-state index < -0.39 is 17.5 Å². The molecular formula is C25H27F2N3O4. The van der Waals surface area contributed by atoms with Crippen molar-refractivity contribution in [3.05, 3.63) is 63.1 Å². The molecule has 0 saturated carbocycles. The number of halogens is 2. The number of hydrogen-bond donors (Lipinski definition) is 0. The van der Waals surface area contributed by atoms with Gasteiger partial charge in [0.2, 0.25) is 5.91 Å². The fourth-order valence-electron chi connectivity index (χ4n) is 5.49. The number of pyridine rings is 1. The van der Waals surface area contributed by atoms with Crippen molar-refractivity contribution in [3.8, 4) is 0 Å². The molecule has 2 fully saturated rings. The Morgan fingerprint density at radius 1 is 1.03 bits per heavy atom. The Kier molecular flexibility index (Phi) is 5.75. The Labute approximate surface area is 195 Å². The van der Waals surface area contributed by atoms with Gasteiger partial charge in [-0.05, 0) is 69.0 Å². The third kappa shape index (κ3) is 3.81. The van der Waals surface area contributed by atoms with Crippen molar-refractivity contribution in [1.29, 1.82) is 0 Å². The molecule has 4 heterocycles. The van der Waals surface area contributed by atoms with E-state index in [0.717, 1.165) is 62.3 Å². The maximum absolute atomic E-state index is 13.3. The van der Waals surface area contributed by atoms with Crippen LogP contribution in [0.25, 0.3) is 0 Å². The van der Waals surface area contributed by atoms with Crippen LogP contribution in [0.2, 0.25) is 0 Å². The molecule has 34 heavy (non-hydrogen) atoms. The van der Waals surface area contributed by atoms with E-state index in [0.29, 0.717) is 35.4 Å². The summed E-state index contributed by atoms with van der Waals surface area (Å²) in [6.07, 6.45) is 4.07. The zero-order valence-electron chi connectivity index (χ0n) is 19.1. The lowest BCUT2D eigenvalue weighted by atomic mass is 9.77. The summed E-state index contributed by atoms with van der Waals surface area (Å²) in [7, 11) is 0. The Balaban J connectivity index is 1.21. The van der Waals surface area contributed by atoms with Crippen LogP contribution < -0.4 is 10.5 Å². The summed E-state index contributed by atoms with van der Waals surface area (Å²) in [6, 6.07) is 6.39. The third-order valence-corrected chi connectivity index (χ3v) is 7.75. The molecule has 1 aromatic carbocycles. The highest BCUT2D eigenvalue weighted by atomic mass is 19.3. The minimum Gasteiger partial charge on any atom is -0.457 e. The molecule has 1 amide bonds. The average Bonchev–Trinajstić information content (AvgIpc) is 3.35. The molecule has 2 saturated heterocycles. The minimum atomic E-state index is -2.94. The fraction of sp³-hybridized carbons (Fsp3) is 0.480. The van der Waals surface area contributed by atoms with Crippen molar-refractivity contribution < 1.29 is 23.1 Å². The number of esters is 1. The van der Waals surface area contributed by atoms with Crippen LogP contribution in [0.4, 0.5) is 14.5 Å². The second-order valence-corrected chi connectivity index (χ2v) is 9.44. The molecule has 0 bridgehead atoms. The second kappa shape index (κ2) is 8.61. The molecule has 0 N–H and O–H groups in total. The molecule has 1 aromatic heterocycles. The number of anilines is 1. The number of amides is 1. The molecule has 3 aliphatic heterocycles. The number of aromatic nitrogens is 1. The highest BCUT2D eigenvalue weighted by molar-refractivity contribution is 5.99. The summed E-state index contributed by atoms with van der Waals surface area (Å²) in [5, 5.41) is 0. The van der Waals surface area contributed by atoms with E-state index in [2.05, 4.69) is 4.90 Å². The number of hydrogen-bond acceptors (Lipinski definition) is 5. The number of fused-ring (bicyclic) bond motifs is 1. The van der Waals surface area contributed by atoms with Gasteiger partial charge in [-0.25, -0.2) is 4.79 Å². The number of alkyl halides is 2. The summed E-state index contributed by atoms with van der Waals surface area (Å²) in [6.45, 7) is 2.35. The van der Waals surface area contributed by atoms with Gasteiger partial charge in [0.25, 0.3) is 5.56 Å². The third-order valence-electron chi connectivity index (χ3n) is 7.75. The minimum absolute atomic E-state index is 0.0363. The van der Waals surface area contributed by atoms with Gasteiger partial charge < -0.3 is 14.5 Å². The standard InChI is InChI=1S/C25H27F2N3O4/c1-16-17(2-4-19-20(16)15-34-22(19)32)6-10-28-11-7-25(8-12-28)9-13-29(23(25)33)18-3-5-21(31)30(14-18)24(26)27/h2-5,14,24H,6-13,15H2,1H3. The quantitative estimate of drug-likeness (QED) is 0.626. The van der Waals surface area contributed by atoms with Gasteiger partial charge in [-0.1, -0.05) is 6.07 Å². The first-order valence-electron chi connectivity index (χ1n) is 11.6. The molecular weight excluding hydrogens is 444 g/mol. The number of piperidine rings is 1. The topological polar surface area (TPSA) is 71.8 Å². The molecule has 0 aliphatic carbocycles. The van der Waals surface area contributed by atoms with E-state index in [1.807, 2.05) is 19.1 Å². The lowest BCUT2D eigenvalue weighted by Crippen LogP contribution is -2.45. The second-order valence-electron chi connectivity index (χ2n) is 9.44. The van der Waals surface area contributed by atoms with Crippen LogP contribution in [0.1, 0.15) is 52.9 Å². The van der Waals surface area contributed by atoms with Crippen molar-refractivity contribution in [1.82, 2.24) is 9.47 Å². The Bertz CT molecular complexity index is 1200. The van der Waals surface area contributed by atoms with Gasteiger partial charge in [-0.15, -0.1) is 0 Å². The summed E-state index contributed by atoms with van der Waals surface area (Å²) in [4.78, 5) is 40.6. The van der Waals surface area contributed by atoms with Gasteiger partial charge >= 0.3 is 12.5 Å². The molecule has 0 radical (unpaired) electrons. The summed E-state index contributed by atoms with van der Waals surface area (Å²) >= 11 is 0. The van der Waals surface area contributed by atoms with Gasteiger partial charge in [0, 0.05) is 30.9 Å². The first kappa shape index (κ1) is 22.7. The lowest BCUT2D eigenvalue weighted by molar-refractivity contribution is -0.128. The van der Waals surface area contributed by atoms with Crippen molar-refractivity contribution in [2.24, 2.45) is 5.41 Å². The Morgan fingerprint density at radius 3 is 2.50 bits per heavy atom. The van der Waals surface area contributed by atoms with Crippen LogP contribution in [-0.2, 0) is 22.6 Å². The van der Waals surface area contributed by atoms with Gasteiger partial charge in [-0.3, -0.25) is 14.2 Å². The van der Waals surface area contributed by atoms with E-state index >= 15 is 0 Å². The Hall–Kier alpha value is -3.07. The summed E-state index contributed by atoms with van der Waals surface area (Å²) < 4.78 is 31.7. The maximum atomic E-state index is 13.3. The van der Waals surface area contributed by atoms with Gasteiger partial charge in [0.15, 0.2) is 0 Å². The molecule has 3 aliphatic rings. The van der Waals surface area contributed by atoms with E-state index in [1.165, 1.54) is 11.6 Å². The summed E-state index contributed by atoms with van der Waals surface area (Å²) in [5.74, 6) is -0.292. The largest absolute Gasteiger partial charge is 0.457 e. The van der Waals surface area contributed by atoms with Crippen molar-refractivity contribution in [2.75, 3.05) is 31.1 Å². The van der Waals surface area contributed by atoms with E-state index in [-0.39, 0.29) is 11.9 Å². The molecule has 180 valence electrons. The number of nitrogens with zero attached hydrogens (tertiary/aromatic N) is 3. The first-order chi connectivity index (χ1) is 16.3. The number of ether oxygens (including phenoxy) is 1. The van der Waals surface area contributed by atoms with Crippen molar-refractivity contribution >= 4 is 17.6 Å². The van der Waals surface area contributed by atoms with E-state index in [4.69, 9.17) is 4.74 Å². The lowest BCUT2D eigenvalue weighted by Gasteiger charge is -2.38. The van der Waals surface area contributed by atoms with Crippen LogP contribution in [0.5, 0.6) is 0 Å². The van der Waals surface area contributed by atoms with Crippen LogP contribution in [0.3, 0.4) is 0 Å². The SMILES string of the molecule is Cc1c(CCN2CCC3(CC2)CCN(c2ccc(=O)n(C(F)F)c2)C3=O)ccc2c1COC2=O. The van der Waals surface area contributed by atoms with Crippen molar-refractivity contribution in [2.45, 2.75) is 45.8 Å². The molecule has 0 unspecified atom stereocenters. The Morgan fingerprint density at radius 2 is 1.76 bits per heavy atom. The van der Waals surface area contributed by atoms with Gasteiger partial charge in [0.1, 0.15) is 6.61 Å². The maximum Gasteiger partial charge on any atom is 0.338 e. The van der Waals surface area contributed by atoms with E-state index in [1.54, 1.807) is 4.90 Å². The molecule has 2 aromatic rings. The van der Waals surface area contributed by atoms with E-state index in [9.17, 15) is 23.2 Å². The molecule has 1 spiro atoms. The van der Waals surface area contributed by atoms with Crippen LogP contribution in [0, 0.1) is 12.3 Å². The zero-order valence-corrected chi connectivity index (χ0v) is 19.1. The zero-order chi connectivity index (χ0) is 24.0. The monoisotopic (exact) mass is 471 g/mol. The number of likely N-dealkylation sites (tertiary alicyclic amines) is 1. The van der Waals surface area contributed by atoms with Gasteiger partial charge in [-0.2, -0.15) is 8.78 Å². The van der Waals surface area contributed by atoms with Crippen LogP contribution in [-0.4, -0.2) is 47.5 Å². The number of rotatable bonds is 5. The predicted molar refractivity (Wildman–Crippen MR) is 121 cm³/mol. The highest BCUT2D eigenvalue weighted by Gasteiger charge is 2.48. The molecule has 5 rings (SSSR count). The first-order valence-corrected chi connectivity index (χ1v) is 11.6. The number of carbonyl (C=O) groups excluding carboxylic acids is 2.